The molecule has 21 heavy (non-hydrogen) atoms. The van der Waals surface area contributed by atoms with Crippen molar-refractivity contribution in [3.8, 4) is 0 Å². The summed E-state index contributed by atoms with van der Waals surface area (Å²) in [5.41, 5.74) is 5.00. The molecule has 0 aliphatic heterocycles. The molecule has 0 fully saturated rings. The van der Waals surface area contributed by atoms with Crippen molar-refractivity contribution in [1.82, 2.24) is 4.72 Å². The van der Waals surface area contributed by atoms with Crippen LogP contribution in [0.3, 0.4) is 0 Å². The number of sulfonamides is 1. The van der Waals surface area contributed by atoms with Crippen LogP contribution in [0, 0.1) is 11.2 Å². The third-order valence-electron chi connectivity index (χ3n) is 2.91. The minimum absolute atomic E-state index is 0.00831. The summed E-state index contributed by atoms with van der Waals surface area (Å²) in [5.74, 6) is -1.01. The van der Waals surface area contributed by atoms with E-state index >= 15 is 0 Å². The van der Waals surface area contributed by atoms with Gasteiger partial charge in [-0.15, -0.1) is 0 Å². The van der Waals surface area contributed by atoms with Crippen LogP contribution in [0.15, 0.2) is 28.0 Å². The molecule has 9 heteroatoms. The van der Waals surface area contributed by atoms with Gasteiger partial charge in [0, 0.05) is 12.8 Å². The Balaban J connectivity index is 3.20. The molecule has 0 aromatic heterocycles. The van der Waals surface area contributed by atoms with Crippen molar-refractivity contribution >= 4 is 19.9 Å². The Kier molecular flexibility index (Phi) is 5.14. The van der Waals surface area contributed by atoms with Crippen LogP contribution in [-0.4, -0.2) is 36.2 Å². The molecule has 120 valence electrons. The van der Waals surface area contributed by atoms with Gasteiger partial charge >= 0.3 is 0 Å². The molecule has 0 aliphatic rings. The van der Waals surface area contributed by atoms with Crippen molar-refractivity contribution in [3.63, 3.8) is 0 Å². The Morgan fingerprint density at radius 1 is 1.24 bits per heavy atom. The summed E-state index contributed by atoms with van der Waals surface area (Å²) < 4.78 is 63.0. The van der Waals surface area contributed by atoms with E-state index < -0.39 is 36.0 Å². The van der Waals surface area contributed by atoms with Crippen molar-refractivity contribution < 1.29 is 21.2 Å². The fourth-order valence-electron chi connectivity index (χ4n) is 1.36. The lowest BCUT2D eigenvalue weighted by Crippen LogP contribution is -2.38. The van der Waals surface area contributed by atoms with E-state index in [1.807, 2.05) is 0 Å². The summed E-state index contributed by atoms with van der Waals surface area (Å²) in [5, 5.41) is 0. The van der Waals surface area contributed by atoms with Gasteiger partial charge < -0.3 is 5.73 Å². The lowest BCUT2D eigenvalue weighted by atomic mass is 9.95. The third kappa shape index (κ3) is 4.73. The van der Waals surface area contributed by atoms with Crippen LogP contribution >= 0.6 is 0 Å². The molecule has 0 bridgehead atoms. The first kappa shape index (κ1) is 18.0. The monoisotopic (exact) mass is 338 g/mol. The molecule has 0 unspecified atom stereocenters. The summed E-state index contributed by atoms with van der Waals surface area (Å²) >= 11 is 0. The molecule has 0 aliphatic carbocycles. The van der Waals surface area contributed by atoms with Crippen LogP contribution in [0.1, 0.15) is 13.8 Å². The number of benzene rings is 1. The molecule has 0 saturated carbocycles. The van der Waals surface area contributed by atoms with Gasteiger partial charge in [0.25, 0.3) is 0 Å². The molecule has 6 nitrogen and oxygen atoms in total. The van der Waals surface area contributed by atoms with Gasteiger partial charge in [0.2, 0.25) is 10.0 Å². The minimum Gasteiger partial charge on any atom is -0.330 e. The predicted octanol–water partition coefficient (Wildman–Crippen LogP) is 0.492. The fraction of sp³-hybridized carbons (Fsp3) is 0.500. The lowest BCUT2D eigenvalue weighted by molar-refractivity contribution is 0.375. The maximum absolute atomic E-state index is 13.7. The van der Waals surface area contributed by atoms with Gasteiger partial charge in [-0.2, -0.15) is 0 Å². The van der Waals surface area contributed by atoms with Crippen LogP contribution < -0.4 is 10.5 Å². The topological polar surface area (TPSA) is 106 Å². The van der Waals surface area contributed by atoms with Gasteiger partial charge in [-0.25, -0.2) is 25.9 Å². The predicted molar refractivity (Wildman–Crippen MR) is 77.5 cm³/mol. The highest BCUT2D eigenvalue weighted by molar-refractivity contribution is 7.91. The van der Waals surface area contributed by atoms with Crippen LogP contribution in [0.2, 0.25) is 0 Å². The number of sulfone groups is 1. The summed E-state index contributed by atoms with van der Waals surface area (Å²) in [4.78, 5) is -0.958. The van der Waals surface area contributed by atoms with Crippen LogP contribution in [0.5, 0.6) is 0 Å². The second-order valence-electron chi connectivity index (χ2n) is 5.56. The van der Waals surface area contributed by atoms with Crippen LogP contribution in [0.25, 0.3) is 0 Å². The Labute approximate surface area is 124 Å². The van der Waals surface area contributed by atoms with Crippen molar-refractivity contribution in [1.29, 1.82) is 0 Å². The van der Waals surface area contributed by atoms with Crippen LogP contribution in [0.4, 0.5) is 4.39 Å². The maximum Gasteiger partial charge on any atom is 0.243 e. The molecule has 0 amide bonds. The van der Waals surface area contributed by atoms with Gasteiger partial charge in [0.15, 0.2) is 9.84 Å². The summed E-state index contributed by atoms with van der Waals surface area (Å²) in [6, 6.07) is 2.65. The summed E-state index contributed by atoms with van der Waals surface area (Å²) in [7, 11) is -7.79. The molecule has 3 N–H and O–H groups in total. The molecule has 0 atom stereocenters. The van der Waals surface area contributed by atoms with Gasteiger partial charge in [-0.05, 0) is 30.2 Å². The van der Waals surface area contributed by atoms with Gasteiger partial charge in [-0.3, -0.25) is 0 Å². The number of nitrogens with two attached hydrogens (primary N) is 1. The zero-order valence-electron chi connectivity index (χ0n) is 12.1. The van der Waals surface area contributed by atoms with Gasteiger partial charge in [0.05, 0.1) is 4.90 Å². The summed E-state index contributed by atoms with van der Waals surface area (Å²) in [6.07, 6.45) is 0.918. The standard InChI is InChI=1S/C12H19FN2O4S2/c1-12(2,7-14)8-15-21(18,19)11-6-9(20(3,16)17)4-5-10(11)13/h4-6,15H,7-8,14H2,1-3H3. The number of rotatable bonds is 6. The van der Waals surface area contributed by atoms with E-state index in [2.05, 4.69) is 4.72 Å². The highest BCUT2D eigenvalue weighted by Gasteiger charge is 2.25. The van der Waals surface area contributed by atoms with Crippen molar-refractivity contribution in [3.05, 3.63) is 24.0 Å². The van der Waals surface area contributed by atoms with E-state index in [-0.39, 0.29) is 18.0 Å². The van der Waals surface area contributed by atoms with Crippen LogP contribution in [-0.2, 0) is 19.9 Å². The van der Waals surface area contributed by atoms with Gasteiger partial charge in [0.1, 0.15) is 10.7 Å². The van der Waals surface area contributed by atoms with Crippen molar-refractivity contribution in [2.24, 2.45) is 11.1 Å². The van der Waals surface area contributed by atoms with Gasteiger partial charge in [-0.1, -0.05) is 13.8 Å². The molecule has 0 radical (unpaired) electrons. The molecule has 0 saturated heterocycles. The first-order valence-corrected chi connectivity index (χ1v) is 9.46. The summed E-state index contributed by atoms with van der Waals surface area (Å²) in [6.45, 7) is 3.74. The van der Waals surface area contributed by atoms with E-state index in [1.165, 1.54) is 0 Å². The zero-order valence-corrected chi connectivity index (χ0v) is 13.7. The van der Waals surface area contributed by atoms with E-state index in [0.29, 0.717) is 0 Å². The Bertz CT molecular complexity index is 728. The third-order valence-corrected chi connectivity index (χ3v) is 5.44. The molecule has 1 rings (SSSR count). The maximum atomic E-state index is 13.7. The smallest absolute Gasteiger partial charge is 0.243 e. The second-order valence-corrected chi connectivity index (χ2v) is 9.31. The number of nitrogens with one attached hydrogen (secondary N) is 1. The minimum atomic E-state index is -4.16. The van der Waals surface area contributed by atoms with E-state index in [1.54, 1.807) is 13.8 Å². The lowest BCUT2D eigenvalue weighted by Gasteiger charge is -2.22. The first-order valence-electron chi connectivity index (χ1n) is 6.08. The SMILES string of the molecule is CC(C)(CN)CNS(=O)(=O)c1cc(S(C)(=O)=O)ccc1F. The molecular weight excluding hydrogens is 319 g/mol. The first-order chi connectivity index (χ1) is 9.39. The normalized spacial score (nSPS) is 13.4. The average molecular weight is 338 g/mol. The molecular formula is C12H19FN2O4S2. The van der Waals surface area contributed by atoms with E-state index in [4.69, 9.17) is 5.73 Å². The Morgan fingerprint density at radius 3 is 2.29 bits per heavy atom. The quantitative estimate of drug-likeness (QED) is 0.734. The Hall–Kier alpha value is -1.03. The zero-order chi connectivity index (χ0) is 16.5. The second kappa shape index (κ2) is 5.99. The van der Waals surface area contributed by atoms with E-state index in [9.17, 15) is 21.2 Å². The highest BCUT2D eigenvalue weighted by atomic mass is 32.2. The highest BCUT2D eigenvalue weighted by Crippen LogP contribution is 2.20. The number of hydrogen-bond acceptors (Lipinski definition) is 5. The number of halogens is 1. The fourth-order valence-corrected chi connectivity index (χ4v) is 3.43. The van der Waals surface area contributed by atoms with Crippen molar-refractivity contribution in [2.45, 2.75) is 23.6 Å². The Morgan fingerprint density at radius 2 is 1.81 bits per heavy atom. The molecule has 1 aromatic rings. The van der Waals surface area contributed by atoms with E-state index in [0.717, 1.165) is 24.5 Å². The number of hydrogen-bond donors (Lipinski definition) is 2. The van der Waals surface area contributed by atoms with Crippen molar-refractivity contribution in [2.75, 3.05) is 19.3 Å². The average Bonchev–Trinajstić information content (AvgIpc) is 2.35. The largest absolute Gasteiger partial charge is 0.330 e. The molecule has 0 spiro atoms. The molecule has 0 heterocycles. The molecule has 1 aromatic carbocycles.